The van der Waals surface area contributed by atoms with Crippen LogP contribution in [0.2, 0.25) is 5.02 Å². The zero-order valence-electron chi connectivity index (χ0n) is 8.68. The number of benzene rings is 1. The lowest BCUT2D eigenvalue weighted by atomic mass is 10.2. The molecule has 0 saturated carbocycles. The van der Waals surface area contributed by atoms with Crippen molar-refractivity contribution in [2.75, 3.05) is 5.73 Å². The molecule has 0 saturated heterocycles. The number of aromatic nitrogens is 2. The highest BCUT2D eigenvalue weighted by atomic mass is 35.5. The Hall–Kier alpha value is -2.08. The molecule has 0 fully saturated rings. The lowest BCUT2D eigenvalue weighted by Crippen LogP contribution is -2.24. The Bertz CT molecular complexity index is 541. The third kappa shape index (κ3) is 2.73. The maximum absolute atomic E-state index is 11.6. The predicted octanol–water partition coefficient (Wildman–Crippen LogP) is 1.24. The SMILES string of the molecule is Nc1nonc1C(=O)NCc1cccc(Cl)c1. The number of amides is 1. The topological polar surface area (TPSA) is 94.0 Å². The van der Waals surface area contributed by atoms with E-state index in [-0.39, 0.29) is 11.5 Å². The third-order valence-corrected chi connectivity index (χ3v) is 2.31. The van der Waals surface area contributed by atoms with Gasteiger partial charge in [0.25, 0.3) is 5.91 Å². The van der Waals surface area contributed by atoms with E-state index < -0.39 is 5.91 Å². The summed E-state index contributed by atoms with van der Waals surface area (Å²) in [6.07, 6.45) is 0. The molecule has 1 heterocycles. The van der Waals surface area contributed by atoms with Gasteiger partial charge in [0.15, 0.2) is 0 Å². The van der Waals surface area contributed by atoms with Gasteiger partial charge in [-0.2, -0.15) is 0 Å². The lowest BCUT2D eigenvalue weighted by molar-refractivity contribution is 0.0941. The van der Waals surface area contributed by atoms with Crippen molar-refractivity contribution in [3.05, 3.63) is 40.5 Å². The average molecular weight is 253 g/mol. The van der Waals surface area contributed by atoms with Crippen LogP contribution in [0.1, 0.15) is 16.1 Å². The van der Waals surface area contributed by atoms with Crippen LogP contribution in [0.15, 0.2) is 28.9 Å². The van der Waals surface area contributed by atoms with E-state index in [9.17, 15) is 4.79 Å². The van der Waals surface area contributed by atoms with E-state index >= 15 is 0 Å². The molecular formula is C10H9ClN4O2. The van der Waals surface area contributed by atoms with Crippen LogP contribution < -0.4 is 11.1 Å². The molecule has 0 aliphatic heterocycles. The van der Waals surface area contributed by atoms with Crippen LogP contribution in [0, 0.1) is 0 Å². The molecule has 1 aromatic heterocycles. The number of carbonyl (C=O) groups excluding carboxylic acids is 1. The van der Waals surface area contributed by atoms with Gasteiger partial charge in [-0.3, -0.25) is 4.79 Å². The Morgan fingerprint density at radius 1 is 1.47 bits per heavy atom. The second-order valence-corrected chi connectivity index (χ2v) is 3.75. The number of rotatable bonds is 3. The molecular weight excluding hydrogens is 244 g/mol. The van der Waals surface area contributed by atoms with E-state index in [1.165, 1.54) is 0 Å². The summed E-state index contributed by atoms with van der Waals surface area (Å²) in [5.74, 6) is -0.475. The fourth-order valence-electron chi connectivity index (χ4n) is 1.27. The van der Waals surface area contributed by atoms with Gasteiger partial charge in [-0.15, -0.1) is 0 Å². The van der Waals surface area contributed by atoms with Crippen LogP contribution in [0.3, 0.4) is 0 Å². The first-order valence-corrected chi connectivity index (χ1v) is 5.15. The highest BCUT2D eigenvalue weighted by molar-refractivity contribution is 6.30. The minimum atomic E-state index is -0.441. The monoisotopic (exact) mass is 252 g/mol. The highest BCUT2D eigenvalue weighted by Crippen LogP contribution is 2.10. The number of nitrogens with one attached hydrogen (secondary N) is 1. The number of nitrogens with two attached hydrogens (primary N) is 1. The van der Waals surface area contributed by atoms with Gasteiger partial charge in [-0.25, -0.2) is 4.63 Å². The molecule has 17 heavy (non-hydrogen) atoms. The third-order valence-electron chi connectivity index (χ3n) is 2.07. The Labute approximate surface area is 102 Å². The number of halogens is 1. The molecule has 0 aliphatic carbocycles. The largest absolute Gasteiger partial charge is 0.379 e. The second-order valence-electron chi connectivity index (χ2n) is 3.31. The predicted molar refractivity (Wildman–Crippen MR) is 61.3 cm³/mol. The van der Waals surface area contributed by atoms with E-state index in [0.717, 1.165) is 5.56 Å². The first kappa shape index (κ1) is 11.4. The van der Waals surface area contributed by atoms with Gasteiger partial charge in [0.2, 0.25) is 11.5 Å². The van der Waals surface area contributed by atoms with Crippen molar-refractivity contribution in [2.45, 2.75) is 6.54 Å². The molecule has 3 N–H and O–H groups in total. The molecule has 0 unspecified atom stereocenters. The molecule has 1 aromatic carbocycles. The van der Waals surface area contributed by atoms with Gasteiger partial charge in [-0.05, 0) is 28.0 Å². The van der Waals surface area contributed by atoms with Crippen LogP contribution in [-0.4, -0.2) is 16.2 Å². The van der Waals surface area contributed by atoms with Crippen molar-refractivity contribution in [2.24, 2.45) is 0 Å². The number of hydrogen-bond donors (Lipinski definition) is 2. The normalized spacial score (nSPS) is 10.2. The smallest absolute Gasteiger partial charge is 0.277 e. The van der Waals surface area contributed by atoms with E-state index in [1.807, 2.05) is 6.07 Å². The van der Waals surface area contributed by atoms with Crippen molar-refractivity contribution in [1.29, 1.82) is 0 Å². The van der Waals surface area contributed by atoms with Crippen molar-refractivity contribution >= 4 is 23.3 Å². The van der Waals surface area contributed by atoms with Crippen molar-refractivity contribution in [3.8, 4) is 0 Å². The summed E-state index contributed by atoms with van der Waals surface area (Å²) in [4.78, 5) is 11.6. The Morgan fingerprint density at radius 3 is 2.94 bits per heavy atom. The summed E-state index contributed by atoms with van der Waals surface area (Å²) >= 11 is 5.81. The molecule has 7 heteroatoms. The maximum atomic E-state index is 11.6. The Balaban J connectivity index is 1.99. The molecule has 0 radical (unpaired) electrons. The van der Waals surface area contributed by atoms with Crippen molar-refractivity contribution < 1.29 is 9.42 Å². The quantitative estimate of drug-likeness (QED) is 0.857. The average Bonchev–Trinajstić information content (AvgIpc) is 2.72. The van der Waals surface area contributed by atoms with E-state index in [2.05, 4.69) is 20.3 Å². The molecule has 2 rings (SSSR count). The number of nitrogen functional groups attached to an aromatic ring is 1. The van der Waals surface area contributed by atoms with Gasteiger partial charge in [0.05, 0.1) is 0 Å². The molecule has 0 spiro atoms. The van der Waals surface area contributed by atoms with Crippen LogP contribution >= 0.6 is 11.6 Å². The van der Waals surface area contributed by atoms with Crippen LogP contribution in [-0.2, 0) is 6.54 Å². The number of nitrogens with zero attached hydrogens (tertiary/aromatic N) is 2. The fraction of sp³-hybridized carbons (Fsp3) is 0.100. The lowest BCUT2D eigenvalue weighted by Gasteiger charge is -2.03. The molecule has 0 bridgehead atoms. The van der Waals surface area contributed by atoms with Gasteiger partial charge >= 0.3 is 0 Å². The van der Waals surface area contributed by atoms with Crippen LogP contribution in [0.25, 0.3) is 0 Å². The molecule has 0 atom stereocenters. The molecule has 88 valence electrons. The highest BCUT2D eigenvalue weighted by Gasteiger charge is 2.15. The van der Waals surface area contributed by atoms with E-state index in [1.54, 1.807) is 18.2 Å². The molecule has 1 amide bonds. The zero-order chi connectivity index (χ0) is 12.3. The molecule has 6 nitrogen and oxygen atoms in total. The molecule has 0 aliphatic rings. The van der Waals surface area contributed by atoms with Gasteiger partial charge in [0.1, 0.15) is 0 Å². The summed E-state index contributed by atoms with van der Waals surface area (Å²) in [7, 11) is 0. The van der Waals surface area contributed by atoms with E-state index in [4.69, 9.17) is 17.3 Å². The van der Waals surface area contributed by atoms with Crippen molar-refractivity contribution in [3.63, 3.8) is 0 Å². The Morgan fingerprint density at radius 2 is 2.29 bits per heavy atom. The number of anilines is 1. The first-order chi connectivity index (χ1) is 8.16. The Kier molecular flexibility index (Phi) is 3.24. The first-order valence-electron chi connectivity index (χ1n) is 4.77. The summed E-state index contributed by atoms with van der Waals surface area (Å²) < 4.78 is 4.33. The van der Waals surface area contributed by atoms with Crippen LogP contribution in [0.5, 0.6) is 0 Å². The van der Waals surface area contributed by atoms with Gasteiger partial charge < -0.3 is 11.1 Å². The second kappa shape index (κ2) is 4.84. The van der Waals surface area contributed by atoms with E-state index in [0.29, 0.717) is 11.6 Å². The minimum Gasteiger partial charge on any atom is -0.379 e. The zero-order valence-corrected chi connectivity index (χ0v) is 9.44. The number of hydrogen-bond acceptors (Lipinski definition) is 5. The summed E-state index contributed by atoms with van der Waals surface area (Å²) in [5, 5.41) is 9.95. The fourth-order valence-corrected chi connectivity index (χ4v) is 1.48. The summed E-state index contributed by atoms with van der Waals surface area (Å²) in [5.41, 5.74) is 6.24. The van der Waals surface area contributed by atoms with Crippen molar-refractivity contribution in [1.82, 2.24) is 15.6 Å². The molecule has 2 aromatic rings. The van der Waals surface area contributed by atoms with Gasteiger partial charge in [-0.1, -0.05) is 23.7 Å². The number of carbonyl (C=O) groups is 1. The van der Waals surface area contributed by atoms with Gasteiger partial charge in [0, 0.05) is 11.6 Å². The maximum Gasteiger partial charge on any atom is 0.277 e. The summed E-state index contributed by atoms with van der Waals surface area (Å²) in [6, 6.07) is 7.16. The minimum absolute atomic E-state index is 0.0213. The summed E-state index contributed by atoms with van der Waals surface area (Å²) in [6.45, 7) is 0.325. The van der Waals surface area contributed by atoms with Crippen LogP contribution in [0.4, 0.5) is 5.82 Å². The standard InChI is InChI=1S/C10H9ClN4O2/c11-7-3-1-2-6(4-7)5-13-10(16)8-9(12)15-17-14-8/h1-4H,5H2,(H2,12,15)(H,13,16).